The molecule has 0 saturated heterocycles. The highest BCUT2D eigenvalue weighted by molar-refractivity contribution is 9.10. The van der Waals surface area contributed by atoms with Crippen LogP contribution in [-0.2, 0) is 14.8 Å². The van der Waals surface area contributed by atoms with Gasteiger partial charge >= 0.3 is 0 Å². The number of amides is 1. The lowest BCUT2D eigenvalue weighted by Gasteiger charge is -2.06. The summed E-state index contributed by atoms with van der Waals surface area (Å²) >= 11 is 3.12. The number of pyridine rings is 1. The monoisotopic (exact) mass is 332 g/mol. The Kier molecular flexibility index (Phi) is 5.03. The quantitative estimate of drug-likeness (QED) is 0.855. The molecule has 0 atom stereocenters. The number of allylic oxidation sites excluding steroid dienone is 1. The van der Waals surface area contributed by atoms with Gasteiger partial charge < -0.3 is 0 Å². The zero-order valence-corrected chi connectivity index (χ0v) is 12.4. The van der Waals surface area contributed by atoms with Crippen molar-refractivity contribution in [2.24, 2.45) is 0 Å². The fraction of sp³-hybridized carbons (Fsp3) is 0.273. The number of carbonyl (C=O) groups excluding carboxylic acids is 1. The minimum Gasteiger partial charge on any atom is -0.269 e. The van der Waals surface area contributed by atoms with E-state index in [1.807, 2.05) is 11.6 Å². The van der Waals surface area contributed by atoms with Crippen molar-refractivity contribution in [3.63, 3.8) is 0 Å². The summed E-state index contributed by atoms with van der Waals surface area (Å²) in [5.74, 6) is -0.628. The van der Waals surface area contributed by atoms with Crippen LogP contribution in [0.5, 0.6) is 0 Å². The van der Waals surface area contributed by atoms with Gasteiger partial charge in [0.2, 0.25) is 0 Å². The molecule has 0 radical (unpaired) electrons. The molecule has 1 heterocycles. The molecule has 0 saturated carbocycles. The Balaban J connectivity index is 2.96. The standard InChI is InChI=1S/C11H13BrN2O3S/c1-3-4-8(2)11(15)14-18(16,17)10-5-9(12)6-13-7-10/h4-7H,3H2,1-2H3,(H,14,15)/b8-4+. The maximum Gasteiger partial charge on any atom is 0.265 e. The minimum atomic E-state index is -3.88. The maximum atomic E-state index is 11.9. The molecule has 0 fully saturated rings. The van der Waals surface area contributed by atoms with Crippen molar-refractivity contribution in [2.75, 3.05) is 0 Å². The average molecular weight is 333 g/mol. The van der Waals surface area contributed by atoms with Crippen LogP contribution in [-0.4, -0.2) is 19.3 Å². The van der Waals surface area contributed by atoms with Crippen LogP contribution >= 0.6 is 15.9 Å². The van der Waals surface area contributed by atoms with Gasteiger partial charge in [0, 0.05) is 22.4 Å². The Labute approximate surface area is 114 Å². The van der Waals surface area contributed by atoms with Gasteiger partial charge in [-0.15, -0.1) is 0 Å². The van der Waals surface area contributed by atoms with E-state index in [1.165, 1.54) is 18.5 Å². The van der Waals surface area contributed by atoms with Crippen LogP contribution in [0.25, 0.3) is 0 Å². The summed E-state index contributed by atoms with van der Waals surface area (Å²) in [6, 6.07) is 1.38. The number of sulfonamides is 1. The zero-order valence-electron chi connectivity index (χ0n) is 9.97. The van der Waals surface area contributed by atoms with E-state index >= 15 is 0 Å². The van der Waals surface area contributed by atoms with E-state index < -0.39 is 15.9 Å². The highest BCUT2D eigenvalue weighted by atomic mass is 79.9. The van der Waals surface area contributed by atoms with Crippen LogP contribution in [0.2, 0.25) is 0 Å². The Morgan fingerprint density at radius 2 is 2.17 bits per heavy atom. The topological polar surface area (TPSA) is 76.1 Å². The van der Waals surface area contributed by atoms with Gasteiger partial charge in [-0.05, 0) is 35.3 Å². The van der Waals surface area contributed by atoms with Crippen LogP contribution in [0.4, 0.5) is 0 Å². The van der Waals surface area contributed by atoms with Crippen molar-refractivity contribution in [3.05, 3.63) is 34.6 Å². The van der Waals surface area contributed by atoms with Crippen molar-refractivity contribution in [3.8, 4) is 0 Å². The molecule has 0 spiro atoms. The highest BCUT2D eigenvalue weighted by Gasteiger charge is 2.18. The lowest BCUT2D eigenvalue weighted by atomic mass is 10.2. The van der Waals surface area contributed by atoms with Crippen LogP contribution < -0.4 is 4.72 Å². The summed E-state index contributed by atoms with van der Waals surface area (Å²) in [5.41, 5.74) is 0.365. The first-order valence-corrected chi connectivity index (χ1v) is 7.49. The Morgan fingerprint density at radius 1 is 1.50 bits per heavy atom. The predicted octanol–water partition coefficient (Wildman–Crippen LogP) is 2.01. The molecule has 1 rings (SSSR count). The summed E-state index contributed by atoms with van der Waals surface area (Å²) in [5, 5.41) is 0. The van der Waals surface area contributed by atoms with Crippen molar-refractivity contribution >= 4 is 31.9 Å². The SMILES string of the molecule is CC/C=C(\C)C(=O)NS(=O)(=O)c1cncc(Br)c1. The molecular weight excluding hydrogens is 320 g/mol. The van der Waals surface area contributed by atoms with E-state index in [2.05, 4.69) is 20.9 Å². The first-order valence-electron chi connectivity index (χ1n) is 5.21. The van der Waals surface area contributed by atoms with Gasteiger partial charge in [0.15, 0.2) is 0 Å². The molecule has 98 valence electrons. The second-order valence-electron chi connectivity index (χ2n) is 3.57. The molecule has 5 nitrogen and oxygen atoms in total. The normalized spacial score (nSPS) is 12.3. The zero-order chi connectivity index (χ0) is 13.8. The number of aromatic nitrogens is 1. The number of carbonyl (C=O) groups is 1. The Hall–Kier alpha value is -1.21. The first-order chi connectivity index (χ1) is 8.36. The van der Waals surface area contributed by atoms with E-state index in [-0.39, 0.29) is 4.90 Å². The molecule has 1 aromatic rings. The number of halogens is 1. The summed E-state index contributed by atoms with van der Waals surface area (Å²) in [7, 11) is -3.88. The molecule has 1 aromatic heterocycles. The van der Waals surface area contributed by atoms with E-state index in [1.54, 1.807) is 13.0 Å². The van der Waals surface area contributed by atoms with Gasteiger partial charge in [0.25, 0.3) is 15.9 Å². The molecule has 0 aliphatic heterocycles. The van der Waals surface area contributed by atoms with Crippen LogP contribution in [0, 0.1) is 0 Å². The largest absolute Gasteiger partial charge is 0.269 e. The van der Waals surface area contributed by atoms with Crippen molar-refractivity contribution in [1.29, 1.82) is 0 Å². The van der Waals surface area contributed by atoms with Gasteiger partial charge in [-0.3, -0.25) is 9.78 Å². The van der Waals surface area contributed by atoms with E-state index in [9.17, 15) is 13.2 Å². The van der Waals surface area contributed by atoms with Gasteiger partial charge in [-0.2, -0.15) is 0 Å². The van der Waals surface area contributed by atoms with Gasteiger partial charge in [-0.25, -0.2) is 13.1 Å². The third kappa shape index (κ3) is 3.92. The number of nitrogens with zero attached hydrogens (tertiary/aromatic N) is 1. The number of nitrogens with one attached hydrogen (secondary N) is 1. The second-order valence-corrected chi connectivity index (χ2v) is 6.17. The van der Waals surface area contributed by atoms with Crippen LogP contribution in [0.3, 0.4) is 0 Å². The number of hydrogen-bond donors (Lipinski definition) is 1. The summed E-state index contributed by atoms with van der Waals surface area (Å²) < 4.78 is 26.3. The van der Waals surface area contributed by atoms with Crippen LogP contribution in [0.1, 0.15) is 20.3 Å². The molecule has 0 aliphatic rings. The maximum absolute atomic E-state index is 11.9. The van der Waals surface area contributed by atoms with E-state index in [0.29, 0.717) is 16.5 Å². The van der Waals surface area contributed by atoms with Crippen molar-refractivity contribution in [1.82, 2.24) is 9.71 Å². The summed E-state index contributed by atoms with van der Waals surface area (Å²) in [6.45, 7) is 3.43. The molecule has 0 aliphatic carbocycles. The average Bonchev–Trinajstić information content (AvgIpc) is 2.28. The molecule has 0 unspecified atom stereocenters. The van der Waals surface area contributed by atoms with E-state index in [0.717, 1.165) is 0 Å². The van der Waals surface area contributed by atoms with Gasteiger partial charge in [0.05, 0.1) is 0 Å². The summed E-state index contributed by atoms with van der Waals surface area (Å²) in [6.07, 6.45) is 4.96. The molecular formula is C11H13BrN2O3S. The highest BCUT2D eigenvalue weighted by Crippen LogP contribution is 2.14. The number of rotatable bonds is 4. The lowest BCUT2D eigenvalue weighted by Crippen LogP contribution is -2.31. The predicted molar refractivity (Wildman–Crippen MR) is 71.3 cm³/mol. The van der Waals surface area contributed by atoms with Crippen molar-refractivity contribution in [2.45, 2.75) is 25.2 Å². The van der Waals surface area contributed by atoms with Gasteiger partial charge in [0.1, 0.15) is 4.90 Å². The number of hydrogen-bond acceptors (Lipinski definition) is 4. The van der Waals surface area contributed by atoms with Crippen molar-refractivity contribution < 1.29 is 13.2 Å². The van der Waals surface area contributed by atoms with E-state index in [4.69, 9.17) is 0 Å². The van der Waals surface area contributed by atoms with Gasteiger partial charge in [-0.1, -0.05) is 13.0 Å². The molecule has 0 aromatic carbocycles. The fourth-order valence-corrected chi connectivity index (χ4v) is 2.72. The Morgan fingerprint density at radius 3 is 2.72 bits per heavy atom. The molecule has 7 heteroatoms. The third-order valence-electron chi connectivity index (χ3n) is 2.09. The van der Waals surface area contributed by atoms with Crippen LogP contribution in [0.15, 0.2) is 39.5 Å². The smallest absolute Gasteiger partial charge is 0.265 e. The molecule has 1 N–H and O–H groups in total. The minimum absolute atomic E-state index is 0.0606. The third-order valence-corrected chi connectivity index (χ3v) is 3.82. The Bertz CT molecular complexity index is 582. The fourth-order valence-electron chi connectivity index (χ4n) is 1.20. The molecule has 18 heavy (non-hydrogen) atoms. The molecule has 0 bridgehead atoms. The first kappa shape index (κ1) is 14.8. The molecule has 1 amide bonds. The second kappa shape index (κ2) is 6.10. The lowest BCUT2D eigenvalue weighted by molar-refractivity contribution is -0.115. The summed E-state index contributed by atoms with van der Waals surface area (Å²) in [4.78, 5) is 15.3.